The van der Waals surface area contributed by atoms with Gasteiger partial charge >= 0.3 is 5.97 Å². The van der Waals surface area contributed by atoms with Gasteiger partial charge in [0, 0.05) is 11.3 Å². The van der Waals surface area contributed by atoms with Crippen LogP contribution in [0, 0.1) is 0 Å². The van der Waals surface area contributed by atoms with Crippen molar-refractivity contribution in [3.05, 3.63) is 89.4 Å². The molecule has 6 nitrogen and oxygen atoms in total. The van der Waals surface area contributed by atoms with E-state index in [9.17, 15) is 9.59 Å². The molecule has 1 aliphatic rings. The zero-order valence-electron chi connectivity index (χ0n) is 14.7. The number of nitrogens with zero attached hydrogens (tertiary/aromatic N) is 1. The predicted molar refractivity (Wildman–Crippen MR) is 99.2 cm³/mol. The number of carbonyl (C=O) groups excluding carboxylic acids is 2. The quantitative estimate of drug-likeness (QED) is 0.714. The Morgan fingerprint density at radius 2 is 1.89 bits per heavy atom. The van der Waals surface area contributed by atoms with Gasteiger partial charge in [0.1, 0.15) is 11.9 Å². The summed E-state index contributed by atoms with van der Waals surface area (Å²) in [6, 6.07) is 18.0. The minimum absolute atomic E-state index is 0.134. The van der Waals surface area contributed by atoms with Crippen LogP contribution >= 0.6 is 0 Å². The van der Waals surface area contributed by atoms with Crippen LogP contribution in [0.1, 0.15) is 38.2 Å². The van der Waals surface area contributed by atoms with Gasteiger partial charge in [0.05, 0.1) is 31.0 Å². The van der Waals surface area contributed by atoms with Gasteiger partial charge in [0.25, 0.3) is 5.91 Å². The molecule has 136 valence electrons. The van der Waals surface area contributed by atoms with Crippen molar-refractivity contribution < 1.29 is 18.7 Å². The molecular formula is C21H18N2O4. The number of ether oxygens (including phenoxy) is 1. The minimum atomic E-state index is -0.534. The first-order valence-electron chi connectivity index (χ1n) is 8.55. The highest BCUT2D eigenvalue weighted by atomic mass is 16.5. The molecule has 6 heteroatoms. The molecule has 4 rings (SSSR count). The average Bonchev–Trinajstić information content (AvgIpc) is 3.22. The van der Waals surface area contributed by atoms with Crippen molar-refractivity contribution in [3.63, 3.8) is 0 Å². The number of carbonyl (C=O) groups is 2. The minimum Gasteiger partial charge on any atom is -0.467 e. The monoisotopic (exact) mass is 362 g/mol. The fraction of sp³-hybridized carbons (Fsp3) is 0.143. The van der Waals surface area contributed by atoms with Crippen LogP contribution in [0.4, 0.5) is 5.69 Å². The molecule has 1 atom stereocenters. The molecule has 0 saturated carbocycles. The lowest BCUT2D eigenvalue weighted by molar-refractivity contribution is 0.0581. The summed E-state index contributed by atoms with van der Waals surface area (Å²) in [5, 5.41) is 3.38. The van der Waals surface area contributed by atoms with E-state index in [1.54, 1.807) is 35.4 Å². The average molecular weight is 362 g/mol. The zero-order chi connectivity index (χ0) is 18.8. The second kappa shape index (κ2) is 6.99. The second-order valence-corrected chi connectivity index (χ2v) is 6.18. The number of rotatable bonds is 4. The summed E-state index contributed by atoms with van der Waals surface area (Å²) >= 11 is 0. The maximum atomic E-state index is 13.2. The molecule has 1 aliphatic heterocycles. The van der Waals surface area contributed by atoms with Crippen LogP contribution in [-0.4, -0.2) is 23.9 Å². The number of methoxy groups -OCH3 is 1. The van der Waals surface area contributed by atoms with E-state index in [1.807, 2.05) is 36.4 Å². The molecule has 0 saturated heterocycles. The number of anilines is 1. The lowest BCUT2D eigenvalue weighted by atomic mass is 9.99. The molecule has 1 aromatic heterocycles. The third-order valence-corrected chi connectivity index (χ3v) is 4.59. The number of benzene rings is 2. The van der Waals surface area contributed by atoms with Crippen molar-refractivity contribution in [2.24, 2.45) is 0 Å². The first kappa shape index (κ1) is 16.9. The first-order chi connectivity index (χ1) is 13.2. The summed E-state index contributed by atoms with van der Waals surface area (Å²) in [6.45, 7) is 0.271. The Balaban J connectivity index is 1.82. The van der Waals surface area contributed by atoms with E-state index in [0.717, 1.165) is 5.69 Å². The molecule has 0 aliphatic carbocycles. The van der Waals surface area contributed by atoms with Gasteiger partial charge in [-0.1, -0.05) is 30.3 Å². The topological polar surface area (TPSA) is 71.8 Å². The fourth-order valence-corrected chi connectivity index (χ4v) is 3.30. The summed E-state index contributed by atoms with van der Waals surface area (Å²) in [5.41, 5.74) is 2.38. The van der Waals surface area contributed by atoms with Crippen molar-refractivity contribution in [2.75, 3.05) is 12.4 Å². The molecule has 1 amide bonds. The number of nitrogens with one attached hydrogen (secondary N) is 1. The molecule has 0 spiro atoms. The van der Waals surface area contributed by atoms with Crippen LogP contribution in [0.15, 0.2) is 71.3 Å². The van der Waals surface area contributed by atoms with Crippen LogP contribution in [-0.2, 0) is 11.3 Å². The Bertz CT molecular complexity index is 981. The standard InChI is InChI=1S/C21H18N2O4/c1-26-21(25)16-9-3-2-8-15(16)19-22-18-11-5-4-10-17(18)20(24)23(19)13-14-7-6-12-27-14/h2-12,19,22H,13H2,1H3/t19-/m1/s1. The molecule has 1 N–H and O–H groups in total. The largest absolute Gasteiger partial charge is 0.467 e. The van der Waals surface area contributed by atoms with Gasteiger partial charge in [0.2, 0.25) is 0 Å². The first-order valence-corrected chi connectivity index (χ1v) is 8.55. The smallest absolute Gasteiger partial charge is 0.338 e. The zero-order valence-corrected chi connectivity index (χ0v) is 14.7. The number of para-hydroxylation sites is 1. The maximum absolute atomic E-state index is 13.2. The van der Waals surface area contributed by atoms with Gasteiger partial charge in [-0.25, -0.2) is 4.79 Å². The van der Waals surface area contributed by atoms with Crippen LogP contribution in [0.25, 0.3) is 0 Å². The Kier molecular flexibility index (Phi) is 4.38. The number of hydrogen-bond acceptors (Lipinski definition) is 5. The van der Waals surface area contributed by atoms with Gasteiger partial charge in [-0.2, -0.15) is 0 Å². The van der Waals surface area contributed by atoms with E-state index in [-0.39, 0.29) is 12.5 Å². The molecule has 2 aromatic carbocycles. The van der Waals surface area contributed by atoms with Gasteiger partial charge in [-0.15, -0.1) is 0 Å². The van der Waals surface area contributed by atoms with Crippen molar-refractivity contribution in [1.29, 1.82) is 0 Å². The Morgan fingerprint density at radius 3 is 2.67 bits per heavy atom. The second-order valence-electron chi connectivity index (χ2n) is 6.18. The molecule has 0 bridgehead atoms. The summed E-state index contributed by atoms with van der Waals surface area (Å²) in [5.74, 6) is 0.0761. The van der Waals surface area contributed by atoms with E-state index >= 15 is 0 Å². The van der Waals surface area contributed by atoms with Crippen LogP contribution in [0.3, 0.4) is 0 Å². The summed E-state index contributed by atoms with van der Waals surface area (Å²) in [7, 11) is 1.34. The van der Waals surface area contributed by atoms with E-state index < -0.39 is 12.1 Å². The van der Waals surface area contributed by atoms with Crippen LogP contribution in [0.5, 0.6) is 0 Å². The molecule has 0 radical (unpaired) electrons. The lowest BCUT2D eigenvalue weighted by Crippen LogP contribution is -2.43. The Hall–Kier alpha value is -3.54. The highest BCUT2D eigenvalue weighted by molar-refractivity contribution is 6.02. The number of hydrogen-bond donors (Lipinski definition) is 1. The SMILES string of the molecule is COC(=O)c1ccccc1[C@@H]1Nc2ccccc2C(=O)N1Cc1ccco1. The van der Waals surface area contributed by atoms with Gasteiger partial charge in [0.15, 0.2) is 0 Å². The predicted octanol–water partition coefficient (Wildman–Crippen LogP) is 3.83. The number of furan rings is 1. The van der Waals surface area contributed by atoms with Crippen molar-refractivity contribution in [1.82, 2.24) is 4.90 Å². The van der Waals surface area contributed by atoms with Crippen LogP contribution in [0.2, 0.25) is 0 Å². The summed E-state index contributed by atoms with van der Waals surface area (Å²) < 4.78 is 10.4. The summed E-state index contributed by atoms with van der Waals surface area (Å²) in [4.78, 5) is 27.1. The molecule has 27 heavy (non-hydrogen) atoms. The molecule has 2 heterocycles. The number of fused-ring (bicyclic) bond motifs is 1. The van der Waals surface area contributed by atoms with Gasteiger partial charge in [-0.3, -0.25) is 4.79 Å². The number of amides is 1. The molecular weight excluding hydrogens is 344 g/mol. The van der Waals surface area contributed by atoms with Crippen LogP contribution < -0.4 is 5.32 Å². The summed E-state index contributed by atoms with van der Waals surface area (Å²) in [6.07, 6.45) is 1.04. The molecule has 0 fully saturated rings. The fourth-order valence-electron chi connectivity index (χ4n) is 3.30. The van der Waals surface area contributed by atoms with Gasteiger partial charge in [-0.05, 0) is 30.3 Å². The van der Waals surface area contributed by atoms with E-state index in [0.29, 0.717) is 22.5 Å². The highest BCUT2D eigenvalue weighted by Gasteiger charge is 2.35. The maximum Gasteiger partial charge on any atom is 0.338 e. The van der Waals surface area contributed by atoms with Crippen molar-refractivity contribution >= 4 is 17.6 Å². The third-order valence-electron chi connectivity index (χ3n) is 4.59. The van der Waals surface area contributed by atoms with E-state index in [1.165, 1.54) is 7.11 Å². The molecule has 3 aromatic rings. The van der Waals surface area contributed by atoms with E-state index in [2.05, 4.69) is 5.32 Å². The Labute approximate surface area is 156 Å². The lowest BCUT2D eigenvalue weighted by Gasteiger charge is -2.38. The Morgan fingerprint density at radius 1 is 1.11 bits per heavy atom. The molecule has 0 unspecified atom stereocenters. The normalized spacial score (nSPS) is 15.8. The highest BCUT2D eigenvalue weighted by Crippen LogP contribution is 2.35. The van der Waals surface area contributed by atoms with Crippen molar-refractivity contribution in [3.8, 4) is 0 Å². The van der Waals surface area contributed by atoms with E-state index in [4.69, 9.17) is 9.15 Å². The van der Waals surface area contributed by atoms with Crippen molar-refractivity contribution in [2.45, 2.75) is 12.7 Å². The van der Waals surface area contributed by atoms with Gasteiger partial charge < -0.3 is 19.4 Å². The number of esters is 1. The third kappa shape index (κ3) is 3.06.